The Bertz CT molecular complexity index is 803. The molecule has 3 aromatic rings. The van der Waals surface area contributed by atoms with Crippen LogP contribution in [0.2, 0.25) is 0 Å². The number of benzene rings is 2. The number of fused-ring (bicyclic) bond motifs is 1. The Hall–Kier alpha value is -2.59. The van der Waals surface area contributed by atoms with Crippen LogP contribution in [0.3, 0.4) is 0 Å². The number of hydrogen-bond acceptors (Lipinski definition) is 2. The molecular weight excluding hydrogens is 286 g/mol. The maximum absolute atomic E-state index is 12.1. The Kier molecular flexibility index (Phi) is 4.44. The average Bonchev–Trinajstić information content (AvgIpc) is 3.02. The van der Waals surface area contributed by atoms with E-state index in [-0.39, 0.29) is 5.91 Å². The van der Waals surface area contributed by atoms with Crippen molar-refractivity contribution in [2.45, 2.75) is 0 Å². The highest BCUT2D eigenvalue weighted by Gasteiger charge is 2.06. The first-order valence-electron chi connectivity index (χ1n) is 7.74. The minimum absolute atomic E-state index is 0.0283. The van der Waals surface area contributed by atoms with Crippen molar-refractivity contribution in [1.82, 2.24) is 15.2 Å². The minimum atomic E-state index is -0.0283. The number of likely N-dealkylation sites (N-methyl/N-ethyl adjacent to an activating group) is 1. The van der Waals surface area contributed by atoms with Crippen LogP contribution in [-0.4, -0.2) is 43.0 Å². The van der Waals surface area contributed by atoms with E-state index in [1.807, 2.05) is 49.5 Å². The first kappa shape index (κ1) is 15.3. The predicted octanol–water partition coefficient (Wildman–Crippen LogP) is 3.13. The highest BCUT2D eigenvalue weighted by molar-refractivity contribution is 5.95. The van der Waals surface area contributed by atoms with Crippen LogP contribution in [0.25, 0.3) is 22.0 Å². The van der Waals surface area contributed by atoms with Crippen LogP contribution in [0, 0.1) is 0 Å². The fraction of sp³-hybridized carbons (Fsp3) is 0.211. The summed E-state index contributed by atoms with van der Waals surface area (Å²) in [6.45, 7) is 1.48. The first-order chi connectivity index (χ1) is 11.1. The number of amides is 1. The molecule has 2 aromatic carbocycles. The van der Waals surface area contributed by atoms with Gasteiger partial charge in [0.2, 0.25) is 0 Å². The third-order valence-corrected chi connectivity index (χ3v) is 3.88. The fourth-order valence-corrected chi connectivity index (χ4v) is 2.54. The first-order valence-corrected chi connectivity index (χ1v) is 7.74. The van der Waals surface area contributed by atoms with E-state index in [1.165, 1.54) is 5.39 Å². The van der Waals surface area contributed by atoms with E-state index in [4.69, 9.17) is 0 Å². The smallest absolute Gasteiger partial charge is 0.251 e. The molecule has 0 spiro atoms. The second kappa shape index (κ2) is 6.67. The molecule has 0 aliphatic carbocycles. The number of nitrogens with zero attached hydrogens (tertiary/aromatic N) is 1. The molecule has 4 heteroatoms. The van der Waals surface area contributed by atoms with Gasteiger partial charge in [0.1, 0.15) is 0 Å². The molecule has 1 aromatic heterocycles. The normalized spacial score (nSPS) is 11.1. The second-order valence-corrected chi connectivity index (χ2v) is 5.92. The fourth-order valence-electron chi connectivity index (χ4n) is 2.54. The van der Waals surface area contributed by atoms with E-state index < -0.39 is 0 Å². The number of hydrogen-bond donors (Lipinski definition) is 2. The molecule has 0 saturated carbocycles. The molecule has 3 rings (SSSR count). The van der Waals surface area contributed by atoms with E-state index >= 15 is 0 Å². The van der Waals surface area contributed by atoms with Crippen LogP contribution in [0.5, 0.6) is 0 Å². The quantitative estimate of drug-likeness (QED) is 0.761. The summed E-state index contributed by atoms with van der Waals surface area (Å²) in [5.74, 6) is -0.0283. The molecule has 118 valence electrons. The van der Waals surface area contributed by atoms with Crippen LogP contribution >= 0.6 is 0 Å². The third kappa shape index (κ3) is 3.60. The summed E-state index contributed by atoms with van der Waals surface area (Å²) in [7, 11) is 3.98. The molecule has 0 saturated heterocycles. The molecule has 0 bridgehead atoms. The van der Waals surface area contributed by atoms with Gasteiger partial charge >= 0.3 is 0 Å². The topological polar surface area (TPSA) is 48.1 Å². The van der Waals surface area contributed by atoms with Crippen molar-refractivity contribution in [2.24, 2.45) is 0 Å². The maximum atomic E-state index is 12.1. The summed E-state index contributed by atoms with van der Waals surface area (Å²) in [5.41, 5.74) is 4.08. The van der Waals surface area contributed by atoms with Crippen molar-refractivity contribution in [3.63, 3.8) is 0 Å². The van der Waals surface area contributed by atoms with E-state index in [1.54, 1.807) is 0 Å². The van der Waals surface area contributed by atoms with Gasteiger partial charge in [0.25, 0.3) is 5.91 Å². The summed E-state index contributed by atoms with van der Waals surface area (Å²) >= 11 is 0. The molecular formula is C19H21N3O. The zero-order valence-electron chi connectivity index (χ0n) is 13.5. The second-order valence-electron chi connectivity index (χ2n) is 5.92. The molecule has 0 radical (unpaired) electrons. The van der Waals surface area contributed by atoms with E-state index in [0.29, 0.717) is 12.1 Å². The van der Waals surface area contributed by atoms with Gasteiger partial charge in [-0.05, 0) is 60.9 Å². The zero-order valence-corrected chi connectivity index (χ0v) is 13.5. The summed E-state index contributed by atoms with van der Waals surface area (Å²) in [4.78, 5) is 17.3. The molecule has 0 atom stereocenters. The summed E-state index contributed by atoms with van der Waals surface area (Å²) in [6.07, 6.45) is 1.94. The van der Waals surface area contributed by atoms with Crippen LogP contribution in [0.4, 0.5) is 0 Å². The van der Waals surface area contributed by atoms with E-state index in [9.17, 15) is 4.79 Å². The molecule has 1 amide bonds. The molecule has 0 fully saturated rings. The molecule has 0 aliphatic heterocycles. The van der Waals surface area contributed by atoms with Crippen LogP contribution < -0.4 is 5.32 Å². The SMILES string of the molecule is CN(C)CCNC(=O)c1ccc(-c2ccc3[nH]ccc3c2)cc1. The van der Waals surface area contributed by atoms with Gasteiger partial charge in [0.15, 0.2) is 0 Å². The lowest BCUT2D eigenvalue weighted by Gasteiger charge is -2.10. The molecule has 0 aliphatic rings. The molecule has 4 nitrogen and oxygen atoms in total. The number of nitrogens with one attached hydrogen (secondary N) is 2. The van der Waals surface area contributed by atoms with Gasteiger partial charge in [-0.15, -0.1) is 0 Å². The Morgan fingerprint density at radius 1 is 1.04 bits per heavy atom. The summed E-state index contributed by atoms with van der Waals surface area (Å²) < 4.78 is 0. The number of aromatic amines is 1. The van der Waals surface area contributed by atoms with Crippen molar-refractivity contribution in [1.29, 1.82) is 0 Å². The van der Waals surface area contributed by atoms with Crippen LogP contribution in [-0.2, 0) is 0 Å². The number of aromatic nitrogens is 1. The Labute approximate surface area is 136 Å². The minimum Gasteiger partial charge on any atom is -0.361 e. The van der Waals surface area contributed by atoms with Gasteiger partial charge < -0.3 is 15.2 Å². The van der Waals surface area contributed by atoms with Crippen LogP contribution in [0.15, 0.2) is 54.7 Å². The van der Waals surface area contributed by atoms with Gasteiger partial charge in [0, 0.05) is 30.4 Å². The Morgan fingerprint density at radius 2 is 1.78 bits per heavy atom. The Balaban J connectivity index is 1.72. The monoisotopic (exact) mass is 307 g/mol. The van der Waals surface area contributed by atoms with Gasteiger partial charge in [-0.1, -0.05) is 18.2 Å². The maximum Gasteiger partial charge on any atom is 0.251 e. The summed E-state index contributed by atoms with van der Waals surface area (Å²) in [6, 6.07) is 16.1. The van der Waals surface area contributed by atoms with Crippen molar-refractivity contribution in [2.75, 3.05) is 27.2 Å². The molecule has 1 heterocycles. The number of rotatable bonds is 5. The van der Waals surface area contributed by atoms with Crippen molar-refractivity contribution >= 4 is 16.8 Å². The van der Waals surface area contributed by atoms with Gasteiger partial charge in [-0.2, -0.15) is 0 Å². The lowest BCUT2D eigenvalue weighted by molar-refractivity contribution is 0.0951. The van der Waals surface area contributed by atoms with Gasteiger partial charge in [0.05, 0.1) is 0 Å². The molecule has 2 N–H and O–H groups in total. The van der Waals surface area contributed by atoms with Crippen LogP contribution in [0.1, 0.15) is 10.4 Å². The average molecular weight is 307 g/mol. The molecule has 23 heavy (non-hydrogen) atoms. The molecule has 0 unspecified atom stereocenters. The highest BCUT2D eigenvalue weighted by atomic mass is 16.1. The van der Waals surface area contributed by atoms with E-state index in [2.05, 4.69) is 34.6 Å². The standard InChI is InChI=1S/C19H21N3O/c1-22(2)12-11-21-19(23)15-5-3-14(4-6-15)16-7-8-18-17(13-16)9-10-20-18/h3-10,13,20H,11-12H2,1-2H3,(H,21,23). The lowest BCUT2D eigenvalue weighted by atomic mass is 10.0. The van der Waals surface area contributed by atoms with E-state index in [0.717, 1.165) is 23.2 Å². The Morgan fingerprint density at radius 3 is 2.52 bits per heavy atom. The number of carbonyl (C=O) groups is 1. The van der Waals surface area contributed by atoms with Gasteiger partial charge in [-0.25, -0.2) is 0 Å². The lowest BCUT2D eigenvalue weighted by Crippen LogP contribution is -2.31. The number of H-pyrrole nitrogens is 1. The highest BCUT2D eigenvalue weighted by Crippen LogP contribution is 2.24. The third-order valence-electron chi connectivity index (χ3n) is 3.88. The van der Waals surface area contributed by atoms with Gasteiger partial charge in [-0.3, -0.25) is 4.79 Å². The largest absolute Gasteiger partial charge is 0.361 e. The zero-order chi connectivity index (χ0) is 16.2. The van der Waals surface area contributed by atoms with Crippen molar-refractivity contribution < 1.29 is 4.79 Å². The number of carbonyl (C=O) groups excluding carboxylic acids is 1. The predicted molar refractivity (Wildman–Crippen MR) is 94.6 cm³/mol. The van der Waals surface area contributed by atoms with Crippen molar-refractivity contribution in [3.05, 3.63) is 60.3 Å². The summed E-state index contributed by atoms with van der Waals surface area (Å²) in [5, 5.41) is 4.11. The van der Waals surface area contributed by atoms with Crippen molar-refractivity contribution in [3.8, 4) is 11.1 Å².